The van der Waals surface area contributed by atoms with Gasteiger partial charge in [-0.3, -0.25) is 19.3 Å². The first-order valence-electron chi connectivity index (χ1n) is 14.5. The number of amides is 2. The number of β-lactam (4-membered cyclic amide) rings is 1. The van der Waals surface area contributed by atoms with Crippen LogP contribution in [0, 0.1) is 11.8 Å². The highest BCUT2D eigenvalue weighted by Gasteiger charge is 2.74. The molecule has 3 aromatic rings. The second kappa shape index (κ2) is 10.2. The molecule has 3 fully saturated rings. The van der Waals surface area contributed by atoms with Crippen molar-refractivity contribution in [3.8, 4) is 11.5 Å². The van der Waals surface area contributed by atoms with E-state index in [4.69, 9.17) is 14.2 Å². The van der Waals surface area contributed by atoms with Crippen LogP contribution in [-0.4, -0.2) is 61.1 Å². The molecule has 0 aromatic heterocycles. The van der Waals surface area contributed by atoms with Crippen LogP contribution in [0.15, 0.2) is 78.9 Å². The molecular formula is C33H33N3O6. The van der Waals surface area contributed by atoms with Crippen molar-refractivity contribution >= 4 is 29.2 Å². The van der Waals surface area contributed by atoms with E-state index in [9.17, 15) is 14.4 Å². The lowest BCUT2D eigenvalue weighted by Gasteiger charge is -2.51. The SMILES string of the molecule is CCOC(=O)[C@@H]1[C@@H]([C@H]2[C@@H](Oc3ccccc3)C(=O)N2c2ccc(OC)cc2)C2CCCN2[C@@]12C(=O)Nc1ccccc12. The highest BCUT2D eigenvalue weighted by atomic mass is 16.5. The Balaban J connectivity index is 1.39. The molecular weight excluding hydrogens is 534 g/mol. The van der Waals surface area contributed by atoms with Crippen molar-refractivity contribution in [2.24, 2.45) is 11.8 Å². The quantitative estimate of drug-likeness (QED) is 0.341. The first-order chi connectivity index (χ1) is 20.5. The van der Waals surface area contributed by atoms with Crippen molar-refractivity contribution in [1.82, 2.24) is 4.90 Å². The molecule has 1 N–H and O–H groups in total. The zero-order valence-electron chi connectivity index (χ0n) is 23.6. The number of ether oxygens (including phenoxy) is 3. The lowest BCUT2D eigenvalue weighted by Crippen LogP contribution is -2.72. The zero-order chi connectivity index (χ0) is 29.0. The van der Waals surface area contributed by atoms with Gasteiger partial charge in [-0.2, -0.15) is 0 Å². The van der Waals surface area contributed by atoms with Gasteiger partial charge in [-0.1, -0.05) is 36.4 Å². The summed E-state index contributed by atoms with van der Waals surface area (Å²) in [6.45, 7) is 2.62. The fraction of sp³-hybridized carbons (Fsp3) is 0.364. The fourth-order valence-electron chi connectivity index (χ4n) is 7.82. The van der Waals surface area contributed by atoms with Crippen molar-refractivity contribution < 1.29 is 28.6 Å². The number of hydrogen-bond acceptors (Lipinski definition) is 7. The molecule has 9 nitrogen and oxygen atoms in total. The van der Waals surface area contributed by atoms with Crippen LogP contribution in [0.3, 0.4) is 0 Å². The molecule has 3 saturated heterocycles. The number of carbonyl (C=O) groups is 3. The van der Waals surface area contributed by atoms with E-state index in [0.717, 1.165) is 18.4 Å². The third-order valence-corrected chi connectivity index (χ3v) is 9.34. The average Bonchev–Trinajstić information content (AvgIpc) is 3.68. The van der Waals surface area contributed by atoms with Crippen LogP contribution in [0.25, 0.3) is 0 Å². The second-order valence-electron chi connectivity index (χ2n) is 11.2. The van der Waals surface area contributed by atoms with Gasteiger partial charge >= 0.3 is 5.97 Å². The summed E-state index contributed by atoms with van der Waals surface area (Å²) in [4.78, 5) is 46.2. The van der Waals surface area contributed by atoms with Gasteiger partial charge in [0.15, 0.2) is 6.10 Å². The Kier molecular flexibility index (Phi) is 6.42. The van der Waals surface area contributed by atoms with Gasteiger partial charge in [0.1, 0.15) is 17.0 Å². The summed E-state index contributed by atoms with van der Waals surface area (Å²) in [5.41, 5.74) is 0.931. The number of anilines is 2. The first kappa shape index (κ1) is 26.5. The van der Waals surface area contributed by atoms with Crippen LogP contribution in [-0.2, 0) is 24.7 Å². The summed E-state index contributed by atoms with van der Waals surface area (Å²) >= 11 is 0. The third-order valence-electron chi connectivity index (χ3n) is 9.34. The van der Waals surface area contributed by atoms with E-state index in [-0.39, 0.29) is 24.5 Å². The molecule has 4 heterocycles. The van der Waals surface area contributed by atoms with E-state index in [1.54, 1.807) is 18.9 Å². The zero-order valence-corrected chi connectivity index (χ0v) is 23.6. The largest absolute Gasteiger partial charge is 0.497 e. The summed E-state index contributed by atoms with van der Waals surface area (Å²) < 4.78 is 17.5. The highest BCUT2D eigenvalue weighted by Crippen LogP contribution is 2.60. The van der Waals surface area contributed by atoms with E-state index in [1.165, 1.54) is 0 Å². The molecule has 3 aromatic carbocycles. The van der Waals surface area contributed by atoms with Crippen LogP contribution in [0.1, 0.15) is 25.3 Å². The van der Waals surface area contributed by atoms with Gasteiger partial charge in [-0.05, 0) is 68.8 Å². The highest BCUT2D eigenvalue weighted by molar-refractivity contribution is 6.10. The minimum atomic E-state index is -1.24. The standard InChI is InChI=1S/C33H33N3O6/c1-3-41-31(38)27-26(25-14-9-19-35(25)33(27)23-12-7-8-13-24(23)34-32(33)39)28-29(42-22-10-5-4-6-11-22)30(37)36(28)20-15-17-21(40-2)18-16-20/h4-8,10-13,15-18,25-29H,3,9,14,19H2,1-2H3,(H,34,39)/t25?,26-,27-,28-,29+,33+/m0/s1. The van der Waals surface area contributed by atoms with Crippen molar-refractivity contribution in [3.63, 3.8) is 0 Å². The molecule has 6 atom stereocenters. The van der Waals surface area contributed by atoms with E-state index in [2.05, 4.69) is 10.2 Å². The first-order valence-corrected chi connectivity index (χ1v) is 14.5. The summed E-state index contributed by atoms with van der Waals surface area (Å²) in [6, 6.07) is 23.5. The summed E-state index contributed by atoms with van der Waals surface area (Å²) in [7, 11) is 1.59. The van der Waals surface area contributed by atoms with Crippen molar-refractivity contribution in [1.29, 1.82) is 0 Å². The normalized spacial score (nSPS) is 29.6. The number of hydrogen-bond donors (Lipinski definition) is 1. The Labute approximate surface area is 244 Å². The summed E-state index contributed by atoms with van der Waals surface area (Å²) in [5, 5.41) is 3.07. The summed E-state index contributed by atoms with van der Waals surface area (Å²) in [5.74, 6) is -0.897. The average molecular weight is 568 g/mol. The van der Waals surface area contributed by atoms with E-state index < -0.39 is 35.5 Å². The number of para-hydroxylation sites is 2. The molecule has 1 spiro atoms. The molecule has 4 aliphatic rings. The molecule has 4 aliphatic heterocycles. The fourth-order valence-corrected chi connectivity index (χ4v) is 7.82. The van der Waals surface area contributed by atoms with Crippen LogP contribution >= 0.6 is 0 Å². The smallest absolute Gasteiger partial charge is 0.312 e. The van der Waals surface area contributed by atoms with E-state index >= 15 is 0 Å². The third kappa shape index (κ3) is 3.69. The molecule has 0 radical (unpaired) electrons. The lowest BCUT2D eigenvalue weighted by molar-refractivity contribution is -0.158. The second-order valence-corrected chi connectivity index (χ2v) is 11.2. The van der Waals surface area contributed by atoms with E-state index in [1.807, 2.05) is 78.9 Å². The van der Waals surface area contributed by atoms with Crippen LogP contribution in [0.2, 0.25) is 0 Å². The number of nitrogens with zero attached hydrogens (tertiary/aromatic N) is 2. The molecule has 2 amide bonds. The Morgan fingerprint density at radius 3 is 2.45 bits per heavy atom. The number of carbonyl (C=O) groups excluding carboxylic acids is 3. The number of nitrogens with one attached hydrogen (secondary N) is 1. The van der Waals surface area contributed by atoms with Gasteiger partial charge in [-0.15, -0.1) is 0 Å². The van der Waals surface area contributed by atoms with Crippen molar-refractivity contribution in [2.45, 2.75) is 43.5 Å². The molecule has 7 rings (SSSR count). The minimum absolute atomic E-state index is 0.142. The Morgan fingerprint density at radius 2 is 1.71 bits per heavy atom. The Morgan fingerprint density at radius 1 is 0.976 bits per heavy atom. The number of rotatable bonds is 7. The van der Waals surface area contributed by atoms with Crippen LogP contribution in [0.5, 0.6) is 11.5 Å². The molecule has 0 saturated carbocycles. The maximum absolute atomic E-state index is 14.2. The number of esters is 1. The molecule has 42 heavy (non-hydrogen) atoms. The topological polar surface area (TPSA) is 97.4 Å². The molecule has 9 heteroatoms. The lowest BCUT2D eigenvalue weighted by atomic mass is 9.68. The predicted molar refractivity (Wildman–Crippen MR) is 155 cm³/mol. The summed E-state index contributed by atoms with van der Waals surface area (Å²) in [6.07, 6.45) is 0.826. The number of methoxy groups -OCH3 is 1. The van der Waals surface area contributed by atoms with Crippen LogP contribution < -0.4 is 19.7 Å². The predicted octanol–water partition coefficient (Wildman–Crippen LogP) is 3.98. The van der Waals surface area contributed by atoms with Gasteiger partial charge in [0.25, 0.3) is 11.8 Å². The van der Waals surface area contributed by atoms with Crippen molar-refractivity contribution in [2.75, 3.05) is 30.5 Å². The number of fused-ring (bicyclic) bond motifs is 4. The molecule has 1 unspecified atom stereocenters. The maximum Gasteiger partial charge on any atom is 0.312 e. The minimum Gasteiger partial charge on any atom is -0.497 e. The van der Waals surface area contributed by atoms with Gasteiger partial charge < -0.3 is 24.4 Å². The maximum atomic E-state index is 14.2. The molecule has 216 valence electrons. The van der Waals surface area contributed by atoms with Crippen molar-refractivity contribution in [3.05, 3.63) is 84.4 Å². The van der Waals surface area contributed by atoms with Gasteiger partial charge in [0, 0.05) is 28.9 Å². The van der Waals surface area contributed by atoms with Crippen LogP contribution in [0.4, 0.5) is 11.4 Å². The number of benzene rings is 3. The molecule has 0 aliphatic carbocycles. The van der Waals surface area contributed by atoms with Gasteiger partial charge in [0.05, 0.1) is 25.7 Å². The van der Waals surface area contributed by atoms with E-state index in [0.29, 0.717) is 29.4 Å². The van der Waals surface area contributed by atoms with Gasteiger partial charge in [0.2, 0.25) is 0 Å². The Hall–Kier alpha value is -4.37. The molecule has 0 bridgehead atoms. The Bertz CT molecular complexity index is 1530. The van der Waals surface area contributed by atoms with Gasteiger partial charge in [-0.25, -0.2) is 0 Å². The monoisotopic (exact) mass is 567 g/mol.